The Morgan fingerprint density at radius 3 is 2.56 bits per heavy atom. The van der Waals surface area contributed by atoms with Crippen molar-refractivity contribution in [1.82, 2.24) is 9.88 Å². The highest BCUT2D eigenvalue weighted by molar-refractivity contribution is 7.99. The van der Waals surface area contributed by atoms with Gasteiger partial charge in [-0.25, -0.2) is 4.98 Å². The van der Waals surface area contributed by atoms with Crippen LogP contribution in [0.1, 0.15) is 30.7 Å². The third-order valence-corrected chi connectivity index (χ3v) is 3.92. The number of pyridine rings is 1. The van der Waals surface area contributed by atoms with E-state index in [0.29, 0.717) is 0 Å². The molecule has 0 radical (unpaired) electrons. The van der Waals surface area contributed by atoms with E-state index in [1.807, 2.05) is 19.9 Å². The normalized spacial score (nSPS) is 10.7. The summed E-state index contributed by atoms with van der Waals surface area (Å²) in [5.74, 6) is 0.978. The zero-order valence-electron chi connectivity index (χ0n) is 11.7. The second-order valence-corrected chi connectivity index (χ2v) is 5.33. The van der Waals surface area contributed by atoms with Crippen LogP contribution in [0.15, 0.2) is 11.1 Å². The van der Waals surface area contributed by atoms with Crippen molar-refractivity contribution in [2.24, 2.45) is 0 Å². The molecule has 3 nitrogen and oxygen atoms in total. The van der Waals surface area contributed by atoms with Crippen molar-refractivity contribution in [3.63, 3.8) is 0 Å². The highest BCUT2D eigenvalue weighted by Gasteiger charge is 2.09. The Morgan fingerprint density at radius 2 is 2.00 bits per heavy atom. The van der Waals surface area contributed by atoms with E-state index in [1.165, 1.54) is 0 Å². The fourth-order valence-electron chi connectivity index (χ4n) is 1.85. The topological polar surface area (TPSA) is 39.9 Å². The molecule has 0 aliphatic heterocycles. The summed E-state index contributed by atoms with van der Waals surface area (Å²) in [6.07, 6.45) is 0. The van der Waals surface area contributed by atoms with Crippen LogP contribution < -0.4 is 0 Å². The summed E-state index contributed by atoms with van der Waals surface area (Å²) in [5, 5.41) is 10.1. The van der Waals surface area contributed by atoms with Gasteiger partial charge in [0, 0.05) is 18.0 Å². The van der Waals surface area contributed by atoms with Crippen molar-refractivity contribution in [2.45, 2.75) is 32.7 Å². The SMILES string of the molecule is CCN(CC)CCSc1nc(C)cc(C)c1C#N. The molecule has 0 saturated carbocycles. The molecule has 18 heavy (non-hydrogen) atoms. The molecule has 1 aromatic rings. The first kappa shape index (κ1) is 15.0. The summed E-state index contributed by atoms with van der Waals surface area (Å²) in [6.45, 7) is 11.5. The average molecular weight is 263 g/mol. The maximum Gasteiger partial charge on any atom is 0.114 e. The lowest BCUT2D eigenvalue weighted by Crippen LogP contribution is -2.25. The lowest BCUT2D eigenvalue weighted by Gasteiger charge is -2.17. The van der Waals surface area contributed by atoms with Crippen LogP contribution in [0.4, 0.5) is 0 Å². The molecule has 98 valence electrons. The van der Waals surface area contributed by atoms with Crippen LogP contribution in [0, 0.1) is 25.2 Å². The van der Waals surface area contributed by atoms with Crippen molar-refractivity contribution < 1.29 is 0 Å². The summed E-state index contributed by atoms with van der Waals surface area (Å²) >= 11 is 1.68. The molecule has 1 aromatic heterocycles. The predicted octanol–water partition coefficient (Wildman–Crippen LogP) is 3.00. The first-order valence-corrected chi connectivity index (χ1v) is 7.34. The first-order valence-electron chi connectivity index (χ1n) is 6.35. The maximum atomic E-state index is 9.18. The van der Waals surface area contributed by atoms with E-state index in [2.05, 4.69) is 29.8 Å². The molecule has 0 saturated heterocycles. The Bertz CT molecular complexity index is 433. The van der Waals surface area contributed by atoms with Crippen molar-refractivity contribution in [3.8, 4) is 6.07 Å². The van der Waals surface area contributed by atoms with E-state index in [-0.39, 0.29) is 0 Å². The third-order valence-electron chi connectivity index (χ3n) is 2.96. The van der Waals surface area contributed by atoms with Gasteiger partial charge >= 0.3 is 0 Å². The number of aryl methyl sites for hydroxylation is 2. The maximum absolute atomic E-state index is 9.18. The summed E-state index contributed by atoms with van der Waals surface area (Å²) in [6, 6.07) is 4.23. The van der Waals surface area contributed by atoms with Crippen LogP contribution in [-0.2, 0) is 0 Å². The number of nitrogens with zero attached hydrogens (tertiary/aromatic N) is 3. The van der Waals surface area contributed by atoms with Gasteiger partial charge in [0.1, 0.15) is 11.1 Å². The highest BCUT2D eigenvalue weighted by atomic mass is 32.2. The van der Waals surface area contributed by atoms with Gasteiger partial charge in [-0.1, -0.05) is 13.8 Å². The number of hydrogen-bond donors (Lipinski definition) is 0. The second-order valence-electron chi connectivity index (χ2n) is 4.25. The first-order chi connectivity index (χ1) is 8.62. The fourth-order valence-corrected chi connectivity index (χ4v) is 2.96. The minimum atomic E-state index is 0.727. The van der Waals surface area contributed by atoms with Crippen molar-refractivity contribution in [1.29, 1.82) is 5.26 Å². The molecule has 0 aliphatic rings. The fraction of sp³-hybridized carbons (Fsp3) is 0.571. The van der Waals surface area contributed by atoms with E-state index in [1.54, 1.807) is 11.8 Å². The standard InChI is InChI=1S/C14H21N3S/c1-5-17(6-2)7-8-18-14-13(10-15)11(3)9-12(4)16-14/h9H,5-8H2,1-4H3. The van der Waals surface area contributed by atoms with E-state index >= 15 is 0 Å². The number of aromatic nitrogens is 1. The number of nitriles is 1. The summed E-state index contributed by atoms with van der Waals surface area (Å²) in [5.41, 5.74) is 2.73. The van der Waals surface area contributed by atoms with Gasteiger partial charge in [0.15, 0.2) is 0 Å². The minimum Gasteiger partial charge on any atom is -0.303 e. The van der Waals surface area contributed by atoms with Gasteiger partial charge < -0.3 is 4.90 Å². The molecule has 0 fully saturated rings. The van der Waals surface area contributed by atoms with Crippen LogP contribution in [0.2, 0.25) is 0 Å². The molecule has 0 amide bonds. The Labute approximate surface area is 114 Å². The van der Waals surface area contributed by atoms with E-state index in [9.17, 15) is 5.26 Å². The zero-order valence-corrected chi connectivity index (χ0v) is 12.5. The van der Waals surface area contributed by atoms with Crippen LogP contribution in [0.5, 0.6) is 0 Å². The summed E-state index contributed by atoms with van der Waals surface area (Å²) < 4.78 is 0. The Hall–Kier alpha value is -1.05. The Kier molecular flexibility index (Phi) is 6.17. The number of hydrogen-bond acceptors (Lipinski definition) is 4. The molecular weight excluding hydrogens is 242 g/mol. The molecule has 4 heteroatoms. The van der Waals surface area contributed by atoms with Gasteiger partial charge in [-0.2, -0.15) is 5.26 Å². The van der Waals surface area contributed by atoms with Crippen molar-refractivity contribution >= 4 is 11.8 Å². The zero-order chi connectivity index (χ0) is 13.5. The van der Waals surface area contributed by atoms with Crippen LogP contribution in [0.25, 0.3) is 0 Å². The quantitative estimate of drug-likeness (QED) is 0.740. The van der Waals surface area contributed by atoms with E-state index < -0.39 is 0 Å². The average Bonchev–Trinajstić information content (AvgIpc) is 2.34. The molecular formula is C14H21N3S. The van der Waals surface area contributed by atoms with Crippen LogP contribution in [0.3, 0.4) is 0 Å². The van der Waals surface area contributed by atoms with Crippen LogP contribution >= 0.6 is 11.8 Å². The predicted molar refractivity (Wildman–Crippen MR) is 76.9 cm³/mol. The van der Waals surface area contributed by atoms with E-state index in [0.717, 1.165) is 47.2 Å². The van der Waals surface area contributed by atoms with Gasteiger partial charge in [0.05, 0.1) is 5.56 Å². The van der Waals surface area contributed by atoms with Gasteiger partial charge in [-0.15, -0.1) is 11.8 Å². The lowest BCUT2D eigenvalue weighted by molar-refractivity contribution is 0.324. The molecule has 0 spiro atoms. The van der Waals surface area contributed by atoms with E-state index in [4.69, 9.17) is 0 Å². The van der Waals surface area contributed by atoms with Gasteiger partial charge in [-0.3, -0.25) is 0 Å². The lowest BCUT2D eigenvalue weighted by atomic mass is 10.1. The Balaban J connectivity index is 2.70. The monoisotopic (exact) mass is 263 g/mol. The van der Waals surface area contributed by atoms with Crippen molar-refractivity contribution in [3.05, 3.63) is 22.9 Å². The molecule has 0 bridgehead atoms. The van der Waals surface area contributed by atoms with Crippen LogP contribution in [-0.4, -0.2) is 35.3 Å². The molecule has 0 unspecified atom stereocenters. The molecule has 0 N–H and O–H groups in total. The van der Waals surface area contributed by atoms with Gasteiger partial charge in [-0.05, 0) is 38.6 Å². The molecule has 0 atom stereocenters. The smallest absolute Gasteiger partial charge is 0.114 e. The minimum absolute atomic E-state index is 0.727. The largest absolute Gasteiger partial charge is 0.303 e. The molecule has 0 aromatic carbocycles. The summed E-state index contributed by atoms with van der Waals surface area (Å²) in [7, 11) is 0. The van der Waals surface area contributed by atoms with Crippen molar-refractivity contribution in [2.75, 3.05) is 25.4 Å². The second kappa shape index (κ2) is 7.40. The summed E-state index contributed by atoms with van der Waals surface area (Å²) in [4.78, 5) is 6.85. The van der Waals surface area contributed by atoms with Gasteiger partial charge in [0.2, 0.25) is 0 Å². The molecule has 1 rings (SSSR count). The third kappa shape index (κ3) is 4.01. The number of thioether (sulfide) groups is 1. The molecule has 0 aliphatic carbocycles. The number of rotatable bonds is 6. The Morgan fingerprint density at radius 1 is 1.33 bits per heavy atom. The van der Waals surface area contributed by atoms with Gasteiger partial charge in [0.25, 0.3) is 0 Å². The highest BCUT2D eigenvalue weighted by Crippen LogP contribution is 2.23. The molecule has 1 heterocycles.